The predicted molar refractivity (Wildman–Crippen MR) is 138 cm³/mol. The van der Waals surface area contributed by atoms with Gasteiger partial charge in [0.2, 0.25) is 11.7 Å². The molecule has 0 bridgehead atoms. The van der Waals surface area contributed by atoms with E-state index in [0.29, 0.717) is 46.5 Å². The van der Waals surface area contributed by atoms with E-state index < -0.39 is 0 Å². The molecule has 0 aromatic heterocycles. The molecule has 0 unspecified atom stereocenters. The maximum atomic E-state index is 12.4. The molecule has 1 aliphatic rings. The zero-order valence-corrected chi connectivity index (χ0v) is 21.4. The van der Waals surface area contributed by atoms with E-state index in [4.69, 9.17) is 38.0 Å². The van der Waals surface area contributed by atoms with Crippen molar-refractivity contribution >= 4 is 34.8 Å². The number of nitrogens with zero attached hydrogens (tertiary/aromatic N) is 1. The minimum Gasteiger partial charge on any atom is -0.493 e. The summed E-state index contributed by atoms with van der Waals surface area (Å²) in [7, 11) is 4.79. The number of ether oxygens (including phenoxy) is 3. The Hall–Kier alpha value is -2.71. The van der Waals surface area contributed by atoms with Crippen LogP contribution in [0.2, 0.25) is 5.02 Å². The molecule has 7 nitrogen and oxygen atoms in total. The van der Waals surface area contributed by atoms with Crippen LogP contribution in [-0.2, 0) is 17.9 Å². The molecule has 0 spiro atoms. The third-order valence-corrected chi connectivity index (χ3v) is 6.54. The fourth-order valence-corrected chi connectivity index (χ4v) is 4.54. The first kappa shape index (κ1) is 25.9. The van der Waals surface area contributed by atoms with Crippen molar-refractivity contribution in [1.82, 2.24) is 15.5 Å². The first-order valence-corrected chi connectivity index (χ1v) is 12.1. The maximum Gasteiger partial charge on any atom is 0.239 e. The summed E-state index contributed by atoms with van der Waals surface area (Å²) >= 11 is 11.6. The van der Waals surface area contributed by atoms with E-state index in [1.165, 1.54) is 12.8 Å². The number of halogens is 1. The highest BCUT2D eigenvalue weighted by atomic mass is 35.5. The number of nitrogens with one attached hydrogen (secondary N) is 2. The lowest BCUT2D eigenvalue weighted by Gasteiger charge is -2.32. The van der Waals surface area contributed by atoms with Crippen molar-refractivity contribution in [3.05, 3.63) is 52.5 Å². The second kappa shape index (κ2) is 12.7. The van der Waals surface area contributed by atoms with Crippen molar-refractivity contribution in [2.45, 2.75) is 44.8 Å². The molecule has 2 aromatic carbocycles. The van der Waals surface area contributed by atoms with Gasteiger partial charge in [-0.3, -0.25) is 4.79 Å². The standard InChI is InChI=1S/C25H32ClN3O4S/c1-31-21-12-18(13-22(32-2)24(21)33-3)16-29(20-6-4-5-7-20)25(34)28-15-23(30)27-14-17-8-10-19(26)11-9-17/h8-13,20H,4-7,14-16H2,1-3H3,(H,27,30)(H,28,34). The lowest BCUT2D eigenvalue weighted by atomic mass is 10.1. The molecule has 2 N–H and O–H groups in total. The average molecular weight is 506 g/mol. The minimum absolute atomic E-state index is 0.102. The topological polar surface area (TPSA) is 72.1 Å². The highest BCUT2D eigenvalue weighted by molar-refractivity contribution is 7.80. The average Bonchev–Trinajstić information content (AvgIpc) is 3.39. The van der Waals surface area contributed by atoms with Gasteiger partial charge >= 0.3 is 0 Å². The largest absolute Gasteiger partial charge is 0.493 e. The van der Waals surface area contributed by atoms with Gasteiger partial charge < -0.3 is 29.7 Å². The molecule has 3 rings (SSSR count). The van der Waals surface area contributed by atoms with Crippen LogP contribution in [0.25, 0.3) is 0 Å². The van der Waals surface area contributed by atoms with Gasteiger partial charge in [-0.05, 0) is 60.5 Å². The Balaban J connectivity index is 1.64. The van der Waals surface area contributed by atoms with Gasteiger partial charge in [-0.25, -0.2) is 0 Å². The molecule has 0 aliphatic heterocycles. The van der Waals surface area contributed by atoms with Crippen LogP contribution >= 0.6 is 23.8 Å². The number of hydrogen-bond acceptors (Lipinski definition) is 5. The van der Waals surface area contributed by atoms with E-state index in [1.54, 1.807) is 33.5 Å². The minimum atomic E-state index is -0.128. The molecule has 0 atom stereocenters. The van der Waals surface area contributed by atoms with Crippen molar-refractivity contribution in [3.63, 3.8) is 0 Å². The summed E-state index contributed by atoms with van der Waals surface area (Å²) < 4.78 is 16.4. The van der Waals surface area contributed by atoms with Crippen LogP contribution in [0.15, 0.2) is 36.4 Å². The predicted octanol–water partition coefficient (Wildman–Crippen LogP) is 4.30. The Bertz CT molecular complexity index is 956. The zero-order valence-electron chi connectivity index (χ0n) is 19.9. The molecule has 184 valence electrons. The quantitative estimate of drug-likeness (QED) is 0.466. The normalized spacial score (nSPS) is 13.3. The summed E-state index contributed by atoms with van der Waals surface area (Å²) in [5.74, 6) is 1.63. The molecule has 34 heavy (non-hydrogen) atoms. The van der Waals surface area contributed by atoms with Crippen LogP contribution in [0.5, 0.6) is 17.2 Å². The monoisotopic (exact) mass is 505 g/mol. The van der Waals surface area contributed by atoms with Crippen LogP contribution in [0, 0.1) is 0 Å². The van der Waals surface area contributed by atoms with Gasteiger partial charge in [-0.1, -0.05) is 36.6 Å². The fourth-order valence-electron chi connectivity index (χ4n) is 4.13. The first-order chi connectivity index (χ1) is 16.4. The Kier molecular flexibility index (Phi) is 9.65. The van der Waals surface area contributed by atoms with Gasteiger partial charge in [-0.2, -0.15) is 0 Å². The fraction of sp³-hybridized carbons (Fsp3) is 0.440. The van der Waals surface area contributed by atoms with Gasteiger partial charge in [0.15, 0.2) is 16.6 Å². The van der Waals surface area contributed by atoms with Crippen LogP contribution < -0.4 is 24.8 Å². The summed E-state index contributed by atoms with van der Waals surface area (Å²) in [6.45, 7) is 1.10. The van der Waals surface area contributed by atoms with Crippen molar-refractivity contribution in [1.29, 1.82) is 0 Å². The number of benzene rings is 2. The van der Waals surface area contributed by atoms with E-state index in [2.05, 4.69) is 15.5 Å². The number of carbonyl (C=O) groups is 1. The molecule has 9 heteroatoms. The van der Waals surface area contributed by atoms with Crippen LogP contribution in [0.3, 0.4) is 0 Å². The highest BCUT2D eigenvalue weighted by Crippen LogP contribution is 2.39. The third kappa shape index (κ3) is 6.90. The van der Waals surface area contributed by atoms with Gasteiger partial charge in [0.1, 0.15) is 0 Å². The number of amides is 1. The van der Waals surface area contributed by atoms with Gasteiger partial charge in [0.25, 0.3) is 0 Å². The molecule has 1 amide bonds. The maximum absolute atomic E-state index is 12.4. The molecule has 0 saturated heterocycles. The van der Waals surface area contributed by atoms with Crippen LogP contribution in [0.4, 0.5) is 0 Å². The molecular formula is C25H32ClN3O4S. The second-order valence-corrected chi connectivity index (χ2v) is 8.98. The molecular weight excluding hydrogens is 474 g/mol. The molecule has 1 saturated carbocycles. The second-order valence-electron chi connectivity index (χ2n) is 8.16. The highest BCUT2D eigenvalue weighted by Gasteiger charge is 2.26. The molecule has 1 fully saturated rings. The molecule has 0 heterocycles. The Morgan fingerprint density at radius 2 is 1.62 bits per heavy atom. The SMILES string of the molecule is COc1cc(CN(C(=S)NCC(=O)NCc2ccc(Cl)cc2)C2CCCC2)cc(OC)c1OC. The lowest BCUT2D eigenvalue weighted by molar-refractivity contribution is -0.120. The van der Waals surface area contributed by atoms with Crippen molar-refractivity contribution in [2.24, 2.45) is 0 Å². The van der Waals surface area contributed by atoms with Gasteiger partial charge in [0.05, 0.1) is 27.9 Å². The number of thiocarbonyl (C=S) groups is 1. The summed E-state index contributed by atoms with van der Waals surface area (Å²) in [5.41, 5.74) is 1.97. The summed E-state index contributed by atoms with van der Waals surface area (Å²) in [5, 5.41) is 7.27. The van der Waals surface area contributed by atoms with Crippen LogP contribution in [-0.4, -0.2) is 49.8 Å². The molecule has 0 radical (unpaired) electrons. The van der Waals surface area contributed by atoms with E-state index >= 15 is 0 Å². The summed E-state index contributed by atoms with van der Waals surface area (Å²) in [6.07, 6.45) is 4.46. The Labute approximate surface area is 211 Å². The Morgan fingerprint density at radius 3 is 2.18 bits per heavy atom. The van der Waals surface area contributed by atoms with E-state index in [0.717, 1.165) is 24.0 Å². The van der Waals surface area contributed by atoms with E-state index in [-0.39, 0.29) is 12.5 Å². The molecule has 2 aromatic rings. The van der Waals surface area contributed by atoms with Crippen molar-refractivity contribution in [2.75, 3.05) is 27.9 Å². The zero-order chi connectivity index (χ0) is 24.5. The number of hydrogen-bond donors (Lipinski definition) is 2. The van der Waals surface area contributed by atoms with E-state index in [1.807, 2.05) is 24.3 Å². The smallest absolute Gasteiger partial charge is 0.239 e. The van der Waals surface area contributed by atoms with E-state index in [9.17, 15) is 4.79 Å². The van der Waals surface area contributed by atoms with Crippen LogP contribution in [0.1, 0.15) is 36.8 Å². The van der Waals surface area contributed by atoms with Gasteiger partial charge in [0, 0.05) is 24.2 Å². The number of rotatable bonds is 10. The summed E-state index contributed by atoms with van der Waals surface area (Å²) in [4.78, 5) is 14.6. The Morgan fingerprint density at radius 1 is 1.00 bits per heavy atom. The third-order valence-electron chi connectivity index (χ3n) is 5.91. The molecule has 1 aliphatic carbocycles. The number of methoxy groups -OCH3 is 3. The summed E-state index contributed by atoms with van der Waals surface area (Å²) in [6, 6.07) is 11.6. The van der Waals surface area contributed by atoms with Crippen molar-refractivity contribution in [3.8, 4) is 17.2 Å². The van der Waals surface area contributed by atoms with Crippen molar-refractivity contribution < 1.29 is 19.0 Å². The first-order valence-electron chi connectivity index (χ1n) is 11.3. The number of carbonyl (C=O) groups excluding carboxylic acids is 1. The van der Waals surface area contributed by atoms with Gasteiger partial charge in [-0.15, -0.1) is 0 Å². The lowest BCUT2D eigenvalue weighted by Crippen LogP contribution is -2.47.